The van der Waals surface area contributed by atoms with Crippen LogP contribution in [0.2, 0.25) is 0 Å². The fraction of sp³-hybridized carbons (Fsp3) is 0.300. The molecule has 3 rings (SSSR count). The molecule has 0 saturated carbocycles. The molecule has 0 aliphatic rings. The van der Waals surface area contributed by atoms with Gasteiger partial charge >= 0.3 is 0 Å². The largest absolute Gasteiger partial charge is 0.353 e. The number of thioether (sulfide) groups is 1. The summed E-state index contributed by atoms with van der Waals surface area (Å²) in [6.07, 6.45) is 5.35. The first-order valence-corrected chi connectivity index (χ1v) is 10.0. The van der Waals surface area contributed by atoms with Crippen molar-refractivity contribution in [2.45, 2.75) is 37.9 Å². The lowest BCUT2D eigenvalue weighted by atomic mass is 10.2. The maximum absolute atomic E-state index is 12.3. The first-order chi connectivity index (χ1) is 13.2. The summed E-state index contributed by atoms with van der Waals surface area (Å²) in [5.74, 6) is 1.02. The van der Waals surface area contributed by atoms with Crippen LogP contribution in [0.1, 0.15) is 26.7 Å². The summed E-state index contributed by atoms with van der Waals surface area (Å²) in [6.45, 7) is 4.15. The molecule has 0 spiro atoms. The molecule has 1 N–H and O–H groups in total. The van der Waals surface area contributed by atoms with E-state index in [4.69, 9.17) is 0 Å². The smallest absolute Gasteiger partial charge is 0.230 e. The predicted octanol–water partition coefficient (Wildman–Crippen LogP) is 3.73. The number of benzene rings is 1. The van der Waals surface area contributed by atoms with Gasteiger partial charge in [0.15, 0.2) is 11.0 Å². The molecule has 7 heteroatoms. The molecule has 0 aliphatic carbocycles. The highest BCUT2D eigenvalue weighted by Gasteiger charge is 2.17. The van der Waals surface area contributed by atoms with Crippen molar-refractivity contribution in [1.29, 1.82) is 0 Å². The van der Waals surface area contributed by atoms with Gasteiger partial charge in [0.1, 0.15) is 0 Å². The van der Waals surface area contributed by atoms with E-state index in [9.17, 15) is 4.79 Å². The second-order valence-corrected chi connectivity index (χ2v) is 7.03. The molecule has 2 heterocycles. The summed E-state index contributed by atoms with van der Waals surface area (Å²) in [5, 5.41) is 12.4. The Hall–Kier alpha value is -2.67. The average Bonchev–Trinajstić information content (AvgIpc) is 3.15. The second kappa shape index (κ2) is 9.32. The zero-order valence-electron chi connectivity index (χ0n) is 15.5. The number of amides is 1. The van der Waals surface area contributed by atoms with Crippen LogP contribution in [0.5, 0.6) is 0 Å². The van der Waals surface area contributed by atoms with Crippen molar-refractivity contribution >= 4 is 17.7 Å². The van der Waals surface area contributed by atoms with E-state index in [1.165, 1.54) is 11.8 Å². The SMILES string of the molecule is CCC(CC)NC(=O)CSc1nnc(-c2cccnc2)n1-c1ccccc1. The van der Waals surface area contributed by atoms with Crippen molar-refractivity contribution < 1.29 is 4.79 Å². The number of nitrogens with one attached hydrogen (secondary N) is 1. The highest BCUT2D eigenvalue weighted by atomic mass is 32.2. The Bertz CT molecular complexity index is 863. The molecule has 0 radical (unpaired) electrons. The van der Waals surface area contributed by atoms with Gasteiger partial charge in [0.05, 0.1) is 5.75 Å². The van der Waals surface area contributed by atoms with Crippen LogP contribution in [0.4, 0.5) is 0 Å². The Balaban J connectivity index is 1.85. The van der Waals surface area contributed by atoms with Gasteiger partial charge in [0.2, 0.25) is 5.91 Å². The number of carbonyl (C=O) groups is 1. The van der Waals surface area contributed by atoms with Crippen LogP contribution in [-0.4, -0.2) is 37.5 Å². The summed E-state index contributed by atoms with van der Waals surface area (Å²) >= 11 is 1.39. The fourth-order valence-electron chi connectivity index (χ4n) is 2.75. The molecular weight excluding hydrogens is 358 g/mol. The normalized spacial score (nSPS) is 10.9. The van der Waals surface area contributed by atoms with Gasteiger partial charge in [-0.25, -0.2) is 0 Å². The van der Waals surface area contributed by atoms with E-state index in [-0.39, 0.29) is 11.9 Å². The number of para-hydroxylation sites is 1. The van der Waals surface area contributed by atoms with E-state index < -0.39 is 0 Å². The van der Waals surface area contributed by atoms with Gasteiger partial charge in [-0.2, -0.15) is 0 Å². The lowest BCUT2D eigenvalue weighted by Crippen LogP contribution is -2.35. The molecule has 140 valence electrons. The van der Waals surface area contributed by atoms with Gasteiger partial charge in [-0.05, 0) is 37.1 Å². The molecule has 3 aromatic rings. The van der Waals surface area contributed by atoms with E-state index in [1.807, 2.05) is 47.0 Å². The van der Waals surface area contributed by atoms with Gasteiger partial charge in [-0.3, -0.25) is 14.3 Å². The highest BCUT2D eigenvalue weighted by Crippen LogP contribution is 2.27. The summed E-state index contributed by atoms with van der Waals surface area (Å²) in [6, 6.07) is 13.9. The van der Waals surface area contributed by atoms with Gasteiger partial charge < -0.3 is 5.32 Å². The fourth-order valence-corrected chi connectivity index (χ4v) is 3.51. The van der Waals surface area contributed by atoms with E-state index in [0.717, 1.165) is 24.1 Å². The summed E-state index contributed by atoms with van der Waals surface area (Å²) in [4.78, 5) is 16.4. The minimum atomic E-state index is 0.0132. The number of rotatable bonds is 8. The number of nitrogens with zero attached hydrogens (tertiary/aromatic N) is 4. The first kappa shape index (κ1) is 19.1. The lowest BCUT2D eigenvalue weighted by molar-refractivity contribution is -0.119. The Morgan fingerprint density at radius 3 is 2.56 bits per heavy atom. The van der Waals surface area contributed by atoms with Gasteiger partial charge in [0, 0.05) is 29.7 Å². The van der Waals surface area contributed by atoms with Crippen LogP contribution < -0.4 is 5.32 Å². The topological polar surface area (TPSA) is 72.7 Å². The molecule has 2 aromatic heterocycles. The maximum atomic E-state index is 12.3. The Morgan fingerprint density at radius 2 is 1.89 bits per heavy atom. The van der Waals surface area contributed by atoms with Gasteiger partial charge in [-0.15, -0.1) is 10.2 Å². The third kappa shape index (κ3) is 4.74. The van der Waals surface area contributed by atoms with Crippen LogP contribution in [-0.2, 0) is 4.79 Å². The number of hydrogen-bond acceptors (Lipinski definition) is 5. The maximum Gasteiger partial charge on any atom is 0.230 e. The summed E-state index contributed by atoms with van der Waals surface area (Å²) in [7, 11) is 0. The van der Waals surface area contributed by atoms with Crippen LogP contribution in [0.3, 0.4) is 0 Å². The van der Waals surface area contributed by atoms with Crippen LogP contribution in [0.15, 0.2) is 60.0 Å². The van der Waals surface area contributed by atoms with E-state index in [0.29, 0.717) is 16.7 Å². The molecule has 0 saturated heterocycles. The van der Waals surface area contributed by atoms with Crippen molar-refractivity contribution in [1.82, 2.24) is 25.1 Å². The van der Waals surface area contributed by atoms with Crippen LogP contribution >= 0.6 is 11.8 Å². The zero-order chi connectivity index (χ0) is 19.1. The Morgan fingerprint density at radius 1 is 1.11 bits per heavy atom. The quantitative estimate of drug-likeness (QED) is 0.602. The molecule has 0 atom stereocenters. The zero-order valence-corrected chi connectivity index (χ0v) is 16.3. The van der Waals surface area contributed by atoms with Crippen molar-refractivity contribution in [3.8, 4) is 17.1 Å². The standard InChI is InChI=1S/C20H23N5OS/c1-3-16(4-2)22-18(26)14-27-20-24-23-19(15-9-8-12-21-13-15)25(20)17-10-6-5-7-11-17/h5-13,16H,3-4,14H2,1-2H3,(H,22,26). The van der Waals surface area contributed by atoms with Crippen molar-refractivity contribution in [3.63, 3.8) is 0 Å². The number of carbonyl (C=O) groups excluding carboxylic acids is 1. The Labute approximate surface area is 163 Å². The van der Waals surface area contributed by atoms with E-state index in [2.05, 4.69) is 34.3 Å². The number of aromatic nitrogens is 4. The van der Waals surface area contributed by atoms with Crippen LogP contribution in [0.25, 0.3) is 17.1 Å². The van der Waals surface area contributed by atoms with E-state index >= 15 is 0 Å². The minimum absolute atomic E-state index is 0.0132. The molecular formula is C20H23N5OS. The van der Waals surface area contributed by atoms with E-state index in [1.54, 1.807) is 12.4 Å². The highest BCUT2D eigenvalue weighted by molar-refractivity contribution is 7.99. The predicted molar refractivity (Wildman–Crippen MR) is 108 cm³/mol. The molecule has 0 unspecified atom stereocenters. The molecule has 0 fully saturated rings. The molecule has 6 nitrogen and oxygen atoms in total. The number of hydrogen-bond donors (Lipinski definition) is 1. The monoisotopic (exact) mass is 381 g/mol. The van der Waals surface area contributed by atoms with Gasteiger partial charge in [-0.1, -0.05) is 43.8 Å². The van der Waals surface area contributed by atoms with Gasteiger partial charge in [0.25, 0.3) is 0 Å². The molecule has 27 heavy (non-hydrogen) atoms. The summed E-state index contributed by atoms with van der Waals surface area (Å²) < 4.78 is 1.96. The lowest BCUT2D eigenvalue weighted by Gasteiger charge is -2.14. The third-order valence-corrected chi connectivity index (χ3v) is 5.18. The van der Waals surface area contributed by atoms with Crippen molar-refractivity contribution in [3.05, 3.63) is 54.9 Å². The average molecular weight is 382 g/mol. The second-order valence-electron chi connectivity index (χ2n) is 6.09. The minimum Gasteiger partial charge on any atom is -0.353 e. The molecule has 0 aliphatic heterocycles. The molecule has 0 bridgehead atoms. The number of pyridine rings is 1. The van der Waals surface area contributed by atoms with Crippen molar-refractivity contribution in [2.24, 2.45) is 0 Å². The Kier molecular flexibility index (Phi) is 6.59. The molecule has 1 aromatic carbocycles. The third-order valence-electron chi connectivity index (χ3n) is 4.25. The first-order valence-electron chi connectivity index (χ1n) is 9.06. The summed E-state index contributed by atoms with van der Waals surface area (Å²) in [5.41, 5.74) is 1.83. The van der Waals surface area contributed by atoms with Crippen molar-refractivity contribution in [2.75, 3.05) is 5.75 Å². The van der Waals surface area contributed by atoms with Crippen LogP contribution in [0, 0.1) is 0 Å². The molecule has 1 amide bonds.